The van der Waals surface area contributed by atoms with Crippen LogP contribution in [-0.4, -0.2) is 16.9 Å². The number of furan rings is 1. The average molecular weight is 449 g/mol. The molecule has 1 aliphatic rings. The Morgan fingerprint density at radius 3 is 2.39 bits per heavy atom. The Hall–Kier alpha value is -3.16. The Balaban J connectivity index is 1.59. The predicted molar refractivity (Wildman–Crippen MR) is 126 cm³/mol. The number of amides is 2. The first-order chi connectivity index (χ1) is 14.9. The van der Waals surface area contributed by atoms with E-state index in [9.17, 15) is 9.59 Å². The summed E-state index contributed by atoms with van der Waals surface area (Å²) in [6, 6.07) is 20.9. The highest BCUT2D eigenvalue weighted by Crippen LogP contribution is 2.30. The van der Waals surface area contributed by atoms with Crippen molar-refractivity contribution in [3.8, 4) is 0 Å². The van der Waals surface area contributed by atoms with Crippen LogP contribution in [0.1, 0.15) is 31.1 Å². The van der Waals surface area contributed by atoms with Crippen LogP contribution >= 0.6 is 24.0 Å². The number of nitrogens with zero attached hydrogens (tertiary/aromatic N) is 1. The molecule has 0 bridgehead atoms. The standard InChI is InChI=1S/C24H20N2O3S2/c1-15(2)16-8-10-17(11-9-16)26-23(28)20(22(27)25-24(26)30)14-18-12-13-21(29-18)31-19-6-4-3-5-7-19/h3-15H,1-2H3,(H,25,27,30). The van der Waals surface area contributed by atoms with Gasteiger partial charge in [-0.05, 0) is 66.2 Å². The van der Waals surface area contributed by atoms with Crippen molar-refractivity contribution in [2.45, 2.75) is 29.8 Å². The maximum atomic E-state index is 13.1. The molecule has 1 fully saturated rings. The fraction of sp³-hybridized carbons (Fsp3) is 0.125. The zero-order valence-corrected chi connectivity index (χ0v) is 18.6. The molecule has 31 heavy (non-hydrogen) atoms. The molecule has 1 aliphatic heterocycles. The molecule has 156 valence electrons. The van der Waals surface area contributed by atoms with Gasteiger partial charge in [0.2, 0.25) is 0 Å². The SMILES string of the molecule is CC(C)c1ccc(N2C(=O)C(=Cc3ccc(Sc4ccccc4)o3)C(=O)NC2=S)cc1. The van der Waals surface area contributed by atoms with Gasteiger partial charge in [0, 0.05) is 4.90 Å². The fourth-order valence-electron chi connectivity index (χ4n) is 3.11. The largest absolute Gasteiger partial charge is 0.450 e. The van der Waals surface area contributed by atoms with Crippen molar-refractivity contribution >= 4 is 52.7 Å². The second-order valence-electron chi connectivity index (χ2n) is 7.28. The van der Waals surface area contributed by atoms with Gasteiger partial charge in [0.25, 0.3) is 11.8 Å². The van der Waals surface area contributed by atoms with E-state index in [2.05, 4.69) is 19.2 Å². The predicted octanol–water partition coefficient (Wildman–Crippen LogP) is 5.39. The summed E-state index contributed by atoms with van der Waals surface area (Å²) in [7, 11) is 0. The lowest BCUT2D eigenvalue weighted by molar-refractivity contribution is -0.122. The monoisotopic (exact) mass is 448 g/mol. The van der Waals surface area contributed by atoms with Gasteiger partial charge in [0.15, 0.2) is 10.2 Å². The number of anilines is 1. The third-order valence-corrected chi connectivity index (χ3v) is 5.98. The molecule has 0 spiro atoms. The van der Waals surface area contributed by atoms with Gasteiger partial charge in [-0.3, -0.25) is 19.8 Å². The minimum Gasteiger partial charge on any atom is -0.450 e. The molecule has 3 aromatic rings. The summed E-state index contributed by atoms with van der Waals surface area (Å²) in [4.78, 5) is 28.0. The molecule has 0 radical (unpaired) electrons. The Morgan fingerprint density at radius 1 is 1.00 bits per heavy atom. The molecule has 0 atom stereocenters. The second-order valence-corrected chi connectivity index (χ2v) is 8.74. The quantitative estimate of drug-likeness (QED) is 0.322. The van der Waals surface area contributed by atoms with E-state index in [-0.39, 0.29) is 10.7 Å². The van der Waals surface area contributed by atoms with Crippen LogP contribution in [0, 0.1) is 0 Å². The van der Waals surface area contributed by atoms with E-state index in [1.807, 2.05) is 60.7 Å². The molecule has 1 aromatic heterocycles. The average Bonchev–Trinajstić information content (AvgIpc) is 3.19. The van der Waals surface area contributed by atoms with Crippen molar-refractivity contribution in [2.24, 2.45) is 0 Å². The third kappa shape index (κ3) is 4.62. The summed E-state index contributed by atoms with van der Waals surface area (Å²) in [5.74, 6) is -0.242. The zero-order chi connectivity index (χ0) is 22.0. The fourth-order valence-corrected chi connectivity index (χ4v) is 4.19. The molecule has 4 rings (SSSR count). The lowest BCUT2D eigenvalue weighted by Gasteiger charge is -2.29. The summed E-state index contributed by atoms with van der Waals surface area (Å²) < 4.78 is 5.80. The van der Waals surface area contributed by atoms with Crippen LogP contribution in [0.2, 0.25) is 0 Å². The number of hydrogen-bond donors (Lipinski definition) is 1. The van der Waals surface area contributed by atoms with Gasteiger partial charge in [-0.15, -0.1) is 0 Å². The minimum absolute atomic E-state index is 0.0350. The van der Waals surface area contributed by atoms with Crippen molar-refractivity contribution in [1.29, 1.82) is 0 Å². The Morgan fingerprint density at radius 2 is 1.71 bits per heavy atom. The van der Waals surface area contributed by atoms with Gasteiger partial charge >= 0.3 is 0 Å². The van der Waals surface area contributed by atoms with Gasteiger partial charge in [-0.2, -0.15) is 0 Å². The Bertz CT molecular complexity index is 1170. The number of carbonyl (C=O) groups excluding carboxylic acids is 2. The molecule has 0 saturated carbocycles. The Labute approximate surface area is 190 Å². The van der Waals surface area contributed by atoms with Crippen molar-refractivity contribution < 1.29 is 14.0 Å². The highest BCUT2D eigenvalue weighted by molar-refractivity contribution is 7.99. The molecule has 2 amide bonds. The van der Waals surface area contributed by atoms with Crippen molar-refractivity contribution in [3.05, 3.63) is 83.6 Å². The summed E-state index contributed by atoms with van der Waals surface area (Å²) in [5.41, 5.74) is 1.72. The highest BCUT2D eigenvalue weighted by Gasteiger charge is 2.34. The van der Waals surface area contributed by atoms with E-state index in [1.165, 1.54) is 22.7 Å². The van der Waals surface area contributed by atoms with E-state index in [0.717, 1.165) is 10.5 Å². The number of benzene rings is 2. The molecule has 1 N–H and O–H groups in total. The molecular weight excluding hydrogens is 428 g/mol. The van der Waals surface area contributed by atoms with Crippen LogP contribution in [0.3, 0.4) is 0 Å². The van der Waals surface area contributed by atoms with E-state index < -0.39 is 11.8 Å². The smallest absolute Gasteiger partial charge is 0.270 e. The summed E-state index contributed by atoms with van der Waals surface area (Å²) in [5, 5.41) is 3.32. The molecule has 1 saturated heterocycles. The summed E-state index contributed by atoms with van der Waals surface area (Å²) >= 11 is 6.72. The lowest BCUT2D eigenvalue weighted by Crippen LogP contribution is -2.54. The van der Waals surface area contributed by atoms with Gasteiger partial charge in [0.1, 0.15) is 11.3 Å². The van der Waals surface area contributed by atoms with Gasteiger partial charge < -0.3 is 4.42 Å². The number of rotatable bonds is 5. The molecule has 2 aromatic carbocycles. The van der Waals surface area contributed by atoms with Crippen LogP contribution in [-0.2, 0) is 9.59 Å². The van der Waals surface area contributed by atoms with E-state index in [4.69, 9.17) is 16.6 Å². The van der Waals surface area contributed by atoms with Crippen molar-refractivity contribution in [3.63, 3.8) is 0 Å². The van der Waals surface area contributed by atoms with E-state index in [1.54, 1.807) is 6.07 Å². The van der Waals surface area contributed by atoms with Gasteiger partial charge in [-0.1, -0.05) is 55.9 Å². The van der Waals surface area contributed by atoms with E-state index in [0.29, 0.717) is 22.5 Å². The van der Waals surface area contributed by atoms with Crippen LogP contribution in [0.25, 0.3) is 6.08 Å². The highest BCUT2D eigenvalue weighted by atomic mass is 32.2. The first-order valence-electron chi connectivity index (χ1n) is 9.76. The lowest BCUT2D eigenvalue weighted by atomic mass is 10.0. The number of thiocarbonyl (C=S) groups is 1. The molecule has 2 heterocycles. The van der Waals surface area contributed by atoms with Gasteiger partial charge in [0.05, 0.1) is 5.69 Å². The van der Waals surface area contributed by atoms with Crippen molar-refractivity contribution in [1.82, 2.24) is 5.32 Å². The first-order valence-corrected chi connectivity index (χ1v) is 11.0. The normalized spacial score (nSPS) is 15.6. The second kappa shape index (κ2) is 8.91. The summed E-state index contributed by atoms with van der Waals surface area (Å²) in [6.07, 6.45) is 1.45. The van der Waals surface area contributed by atoms with Crippen LogP contribution in [0.5, 0.6) is 0 Å². The molecular formula is C24H20N2O3S2. The third-order valence-electron chi connectivity index (χ3n) is 4.77. The maximum Gasteiger partial charge on any atom is 0.270 e. The number of hydrogen-bond acceptors (Lipinski definition) is 5. The molecule has 0 unspecified atom stereocenters. The Kier molecular flexibility index (Phi) is 6.06. The number of nitrogens with one attached hydrogen (secondary N) is 1. The van der Waals surface area contributed by atoms with Crippen LogP contribution < -0.4 is 10.2 Å². The minimum atomic E-state index is -0.543. The number of carbonyl (C=O) groups is 2. The zero-order valence-electron chi connectivity index (χ0n) is 17.0. The molecule has 7 heteroatoms. The molecule has 0 aliphatic carbocycles. The summed E-state index contributed by atoms with van der Waals surface area (Å²) in [6.45, 7) is 4.20. The van der Waals surface area contributed by atoms with Crippen molar-refractivity contribution in [2.75, 3.05) is 4.90 Å². The first kappa shape index (κ1) is 21.1. The maximum absolute atomic E-state index is 13.1. The van der Waals surface area contributed by atoms with Crippen LogP contribution in [0.15, 0.2) is 86.7 Å². The topological polar surface area (TPSA) is 62.6 Å². The van der Waals surface area contributed by atoms with E-state index >= 15 is 0 Å². The van der Waals surface area contributed by atoms with Gasteiger partial charge in [-0.25, -0.2) is 0 Å². The van der Waals surface area contributed by atoms with Crippen LogP contribution in [0.4, 0.5) is 5.69 Å². The molecule has 5 nitrogen and oxygen atoms in total.